The maximum absolute atomic E-state index is 14.4. The molecule has 0 saturated heterocycles. The van der Waals surface area contributed by atoms with E-state index in [1.165, 1.54) is 11.0 Å². The standard InChI is InChI=1S/C29H31FN2O6/c1-5-35-25-14-20(15-26(36-6-2)27(25)37-7-3)28(33)31-21-12-13-24-23(16-21)32(29(34)18(4)38-24)17-19-10-8-9-11-22(19)30/h8-16,18H,5-7,17H2,1-4H3,(H,31,33). The van der Waals surface area contributed by atoms with Crippen LogP contribution in [0.3, 0.4) is 0 Å². The van der Waals surface area contributed by atoms with E-state index in [4.69, 9.17) is 18.9 Å². The normalized spacial score (nSPS) is 14.4. The number of halogens is 1. The van der Waals surface area contributed by atoms with Crippen LogP contribution in [0.15, 0.2) is 54.6 Å². The fraction of sp³-hybridized carbons (Fsp3) is 0.310. The molecule has 1 heterocycles. The Morgan fingerprint density at radius 3 is 2.26 bits per heavy atom. The van der Waals surface area contributed by atoms with Crippen molar-refractivity contribution in [1.29, 1.82) is 0 Å². The maximum Gasteiger partial charge on any atom is 0.268 e. The summed E-state index contributed by atoms with van der Waals surface area (Å²) in [5.74, 6) is 0.585. The molecule has 3 aromatic carbocycles. The van der Waals surface area contributed by atoms with E-state index in [1.54, 1.807) is 55.5 Å². The molecule has 0 saturated carbocycles. The molecule has 3 aromatic rings. The molecule has 1 unspecified atom stereocenters. The first kappa shape index (κ1) is 26.8. The highest BCUT2D eigenvalue weighted by Crippen LogP contribution is 2.40. The minimum Gasteiger partial charge on any atom is -0.490 e. The number of hydrogen-bond donors (Lipinski definition) is 1. The molecule has 0 fully saturated rings. The van der Waals surface area contributed by atoms with Gasteiger partial charge in [-0.2, -0.15) is 0 Å². The Morgan fingerprint density at radius 1 is 0.974 bits per heavy atom. The third kappa shape index (κ3) is 5.66. The van der Waals surface area contributed by atoms with Gasteiger partial charge < -0.3 is 29.2 Å². The van der Waals surface area contributed by atoms with Crippen molar-refractivity contribution in [1.82, 2.24) is 0 Å². The van der Waals surface area contributed by atoms with E-state index in [-0.39, 0.29) is 12.5 Å². The van der Waals surface area contributed by atoms with Gasteiger partial charge >= 0.3 is 0 Å². The van der Waals surface area contributed by atoms with Crippen molar-refractivity contribution >= 4 is 23.2 Å². The van der Waals surface area contributed by atoms with E-state index in [9.17, 15) is 14.0 Å². The van der Waals surface area contributed by atoms with Gasteiger partial charge in [0.2, 0.25) is 5.75 Å². The molecular weight excluding hydrogens is 491 g/mol. The molecule has 38 heavy (non-hydrogen) atoms. The topological polar surface area (TPSA) is 86.3 Å². The van der Waals surface area contributed by atoms with Gasteiger partial charge in [0.25, 0.3) is 11.8 Å². The number of rotatable bonds is 10. The molecule has 0 radical (unpaired) electrons. The van der Waals surface area contributed by atoms with Gasteiger partial charge in [0.05, 0.1) is 32.1 Å². The molecule has 2 amide bonds. The number of fused-ring (bicyclic) bond motifs is 1. The minimum absolute atomic E-state index is 0.0257. The lowest BCUT2D eigenvalue weighted by molar-refractivity contribution is -0.125. The summed E-state index contributed by atoms with van der Waals surface area (Å²) in [5.41, 5.74) is 1.55. The Bertz CT molecular complexity index is 1300. The third-order valence-corrected chi connectivity index (χ3v) is 5.88. The quantitative estimate of drug-likeness (QED) is 0.374. The molecule has 0 aromatic heterocycles. The van der Waals surface area contributed by atoms with Crippen LogP contribution < -0.4 is 29.2 Å². The zero-order chi connectivity index (χ0) is 27.2. The fourth-order valence-electron chi connectivity index (χ4n) is 4.17. The Hall–Kier alpha value is -4.27. The number of hydrogen-bond acceptors (Lipinski definition) is 6. The Balaban J connectivity index is 1.65. The number of carbonyl (C=O) groups excluding carboxylic acids is 2. The largest absolute Gasteiger partial charge is 0.490 e. The van der Waals surface area contributed by atoms with Crippen LogP contribution in [0.4, 0.5) is 15.8 Å². The van der Waals surface area contributed by atoms with Crippen molar-refractivity contribution < 1.29 is 32.9 Å². The number of nitrogens with zero attached hydrogens (tertiary/aromatic N) is 1. The van der Waals surface area contributed by atoms with Crippen LogP contribution >= 0.6 is 0 Å². The average molecular weight is 523 g/mol. The van der Waals surface area contributed by atoms with E-state index in [1.807, 2.05) is 20.8 Å². The molecule has 1 atom stereocenters. The molecule has 0 aliphatic carbocycles. The fourth-order valence-corrected chi connectivity index (χ4v) is 4.17. The second kappa shape index (κ2) is 11.9. The van der Waals surface area contributed by atoms with Gasteiger partial charge in [-0.1, -0.05) is 18.2 Å². The number of nitrogens with one attached hydrogen (secondary N) is 1. The van der Waals surface area contributed by atoms with E-state index < -0.39 is 17.8 Å². The van der Waals surface area contributed by atoms with Crippen LogP contribution in [0.2, 0.25) is 0 Å². The first-order chi connectivity index (χ1) is 18.4. The highest BCUT2D eigenvalue weighted by atomic mass is 19.1. The molecule has 1 aliphatic heterocycles. The molecule has 4 rings (SSSR count). The molecule has 9 heteroatoms. The van der Waals surface area contributed by atoms with Gasteiger partial charge in [0, 0.05) is 16.8 Å². The van der Waals surface area contributed by atoms with Crippen molar-refractivity contribution in [2.45, 2.75) is 40.3 Å². The van der Waals surface area contributed by atoms with Crippen molar-refractivity contribution in [2.75, 3.05) is 30.0 Å². The Labute approximate surface area is 221 Å². The van der Waals surface area contributed by atoms with Crippen LogP contribution in [0.1, 0.15) is 43.6 Å². The van der Waals surface area contributed by atoms with Gasteiger partial charge in [-0.15, -0.1) is 0 Å². The lowest BCUT2D eigenvalue weighted by atomic mass is 10.1. The summed E-state index contributed by atoms with van der Waals surface area (Å²) < 4.78 is 37.3. The smallest absolute Gasteiger partial charge is 0.268 e. The zero-order valence-corrected chi connectivity index (χ0v) is 21.9. The van der Waals surface area contributed by atoms with Crippen LogP contribution in [0.5, 0.6) is 23.0 Å². The predicted molar refractivity (Wildman–Crippen MR) is 142 cm³/mol. The number of benzene rings is 3. The summed E-state index contributed by atoms with van der Waals surface area (Å²) in [4.78, 5) is 27.7. The Morgan fingerprint density at radius 2 is 1.63 bits per heavy atom. The van der Waals surface area contributed by atoms with E-state index >= 15 is 0 Å². The minimum atomic E-state index is -0.729. The van der Waals surface area contributed by atoms with Gasteiger partial charge in [-0.3, -0.25) is 9.59 Å². The maximum atomic E-state index is 14.4. The highest BCUT2D eigenvalue weighted by molar-refractivity contribution is 6.06. The van der Waals surface area contributed by atoms with Crippen LogP contribution in [0.25, 0.3) is 0 Å². The van der Waals surface area contributed by atoms with Crippen LogP contribution in [-0.4, -0.2) is 37.7 Å². The van der Waals surface area contributed by atoms with Gasteiger partial charge in [0.1, 0.15) is 11.6 Å². The first-order valence-corrected chi connectivity index (χ1v) is 12.6. The van der Waals surface area contributed by atoms with Gasteiger partial charge in [-0.05, 0) is 64.1 Å². The summed E-state index contributed by atoms with van der Waals surface area (Å²) in [6.45, 7) is 8.37. The van der Waals surface area contributed by atoms with Gasteiger partial charge in [-0.25, -0.2) is 4.39 Å². The van der Waals surface area contributed by atoms with E-state index in [0.29, 0.717) is 65.3 Å². The second-order valence-electron chi connectivity index (χ2n) is 8.51. The van der Waals surface area contributed by atoms with Crippen LogP contribution in [-0.2, 0) is 11.3 Å². The third-order valence-electron chi connectivity index (χ3n) is 5.88. The summed E-state index contributed by atoms with van der Waals surface area (Å²) in [6.07, 6.45) is -0.729. The molecule has 1 aliphatic rings. The Kier molecular flexibility index (Phi) is 8.35. The molecule has 1 N–H and O–H groups in total. The van der Waals surface area contributed by atoms with Crippen molar-refractivity contribution in [3.63, 3.8) is 0 Å². The summed E-state index contributed by atoms with van der Waals surface area (Å²) >= 11 is 0. The lowest BCUT2D eigenvalue weighted by Gasteiger charge is -2.33. The van der Waals surface area contributed by atoms with Gasteiger partial charge in [0.15, 0.2) is 17.6 Å². The molecule has 0 spiro atoms. The number of anilines is 2. The average Bonchev–Trinajstić information content (AvgIpc) is 2.90. The molecule has 8 nitrogen and oxygen atoms in total. The second-order valence-corrected chi connectivity index (χ2v) is 8.51. The monoisotopic (exact) mass is 522 g/mol. The summed E-state index contributed by atoms with van der Waals surface area (Å²) in [7, 11) is 0. The predicted octanol–water partition coefficient (Wildman–Crippen LogP) is 5.59. The van der Waals surface area contributed by atoms with Crippen molar-refractivity contribution in [3.05, 3.63) is 71.5 Å². The van der Waals surface area contributed by atoms with E-state index in [0.717, 1.165) is 0 Å². The van der Waals surface area contributed by atoms with E-state index in [2.05, 4.69) is 5.32 Å². The number of ether oxygens (including phenoxy) is 4. The molecule has 200 valence electrons. The highest BCUT2D eigenvalue weighted by Gasteiger charge is 2.32. The molecule has 0 bridgehead atoms. The number of amides is 2. The molecular formula is C29H31FN2O6. The SMILES string of the molecule is CCOc1cc(C(=O)Nc2ccc3c(c2)N(Cc2ccccc2F)C(=O)C(C)O3)cc(OCC)c1OCC. The van der Waals surface area contributed by atoms with Crippen molar-refractivity contribution in [3.8, 4) is 23.0 Å². The lowest BCUT2D eigenvalue weighted by Crippen LogP contribution is -2.44. The zero-order valence-electron chi connectivity index (χ0n) is 21.9. The first-order valence-electron chi connectivity index (χ1n) is 12.6. The van der Waals surface area contributed by atoms with Crippen LogP contribution in [0, 0.1) is 5.82 Å². The summed E-state index contributed by atoms with van der Waals surface area (Å²) in [5, 5.41) is 2.86. The van der Waals surface area contributed by atoms with Crippen molar-refractivity contribution in [2.24, 2.45) is 0 Å². The number of carbonyl (C=O) groups is 2. The summed E-state index contributed by atoms with van der Waals surface area (Å²) in [6, 6.07) is 14.5.